The molecule has 1 fully saturated rings. The summed E-state index contributed by atoms with van der Waals surface area (Å²) in [5.41, 5.74) is 4.37. The van der Waals surface area contributed by atoms with E-state index < -0.39 is 0 Å². The third kappa shape index (κ3) is 3.88. The first-order valence-corrected chi connectivity index (χ1v) is 8.80. The molecule has 24 heavy (non-hydrogen) atoms. The number of amides is 1. The van der Waals surface area contributed by atoms with Gasteiger partial charge in [-0.05, 0) is 50.3 Å². The number of nitrogens with zero attached hydrogens (tertiary/aromatic N) is 1. The number of hydrogen-bond acceptors (Lipinski definition) is 2. The van der Waals surface area contributed by atoms with Crippen LogP contribution < -0.4 is 5.32 Å². The molecule has 1 aromatic carbocycles. The Morgan fingerprint density at radius 1 is 1.12 bits per heavy atom. The predicted octanol–water partition coefficient (Wildman–Crippen LogP) is 4.04. The first-order chi connectivity index (χ1) is 11.6. The van der Waals surface area contributed by atoms with Crippen LogP contribution in [-0.2, 0) is 11.3 Å². The molecule has 2 heterocycles. The van der Waals surface area contributed by atoms with Crippen LogP contribution in [0.5, 0.6) is 0 Å². The van der Waals surface area contributed by atoms with Gasteiger partial charge >= 0.3 is 0 Å². The van der Waals surface area contributed by atoms with Crippen molar-refractivity contribution in [2.24, 2.45) is 0 Å². The fourth-order valence-corrected chi connectivity index (χ4v) is 3.82. The lowest BCUT2D eigenvalue weighted by Gasteiger charge is -2.40. The van der Waals surface area contributed by atoms with Gasteiger partial charge in [0.25, 0.3) is 5.91 Å². The lowest BCUT2D eigenvalue weighted by Crippen LogP contribution is -2.54. The number of carbonyl (C=O) groups excluding carboxylic acids is 1. The van der Waals surface area contributed by atoms with Crippen LogP contribution in [0.4, 0.5) is 5.69 Å². The van der Waals surface area contributed by atoms with Gasteiger partial charge in [0.15, 0.2) is 6.54 Å². The van der Waals surface area contributed by atoms with Crippen LogP contribution in [0, 0.1) is 13.8 Å². The van der Waals surface area contributed by atoms with E-state index in [1.807, 2.05) is 38.1 Å². The number of nitrogens with one attached hydrogen (secondary N) is 1. The van der Waals surface area contributed by atoms with Gasteiger partial charge in [-0.25, -0.2) is 0 Å². The van der Waals surface area contributed by atoms with Gasteiger partial charge in [-0.3, -0.25) is 4.79 Å². The normalized spacial score (nSPS) is 16.8. The summed E-state index contributed by atoms with van der Waals surface area (Å²) < 4.78 is 6.05. The average Bonchev–Trinajstić information content (AvgIpc) is 3.04. The Hall–Kier alpha value is -2.07. The second-order valence-electron chi connectivity index (χ2n) is 7.11. The Balaban J connectivity index is 1.73. The van der Waals surface area contributed by atoms with Crippen LogP contribution in [0.1, 0.15) is 36.0 Å². The molecular formula is C20H27N2O2+. The number of carbonyl (C=O) groups is 1. The van der Waals surface area contributed by atoms with Gasteiger partial charge in [0.1, 0.15) is 6.54 Å². The van der Waals surface area contributed by atoms with Gasteiger partial charge in [-0.1, -0.05) is 18.2 Å². The predicted molar refractivity (Wildman–Crippen MR) is 95.7 cm³/mol. The Bertz CT molecular complexity index is 665. The molecule has 1 aliphatic rings. The second kappa shape index (κ2) is 7.22. The highest BCUT2D eigenvalue weighted by atomic mass is 16.3. The largest absolute Gasteiger partial charge is 0.472 e. The van der Waals surface area contributed by atoms with Gasteiger partial charge < -0.3 is 14.2 Å². The van der Waals surface area contributed by atoms with Crippen molar-refractivity contribution in [1.82, 2.24) is 0 Å². The maximum atomic E-state index is 12.8. The number of para-hydroxylation sites is 1. The number of piperidine rings is 1. The molecule has 3 rings (SSSR count). The highest BCUT2D eigenvalue weighted by Crippen LogP contribution is 2.24. The molecule has 0 aliphatic carbocycles. The summed E-state index contributed by atoms with van der Waals surface area (Å²) in [6, 6.07) is 8.12. The highest BCUT2D eigenvalue weighted by Gasteiger charge is 2.33. The van der Waals surface area contributed by atoms with Crippen LogP contribution in [0.3, 0.4) is 0 Å². The van der Waals surface area contributed by atoms with Crippen molar-refractivity contribution in [3.63, 3.8) is 0 Å². The van der Waals surface area contributed by atoms with Crippen molar-refractivity contribution < 1.29 is 13.7 Å². The topological polar surface area (TPSA) is 42.2 Å². The summed E-state index contributed by atoms with van der Waals surface area (Å²) in [7, 11) is 0. The van der Waals surface area contributed by atoms with E-state index in [1.165, 1.54) is 24.8 Å². The second-order valence-corrected chi connectivity index (χ2v) is 7.11. The maximum Gasteiger partial charge on any atom is 0.279 e. The Labute approximate surface area is 144 Å². The van der Waals surface area contributed by atoms with Crippen LogP contribution in [0.2, 0.25) is 0 Å². The zero-order valence-electron chi connectivity index (χ0n) is 14.7. The first kappa shape index (κ1) is 16.8. The molecule has 1 aromatic heterocycles. The van der Waals surface area contributed by atoms with E-state index in [1.54, 1.807) is 12.5 Å². The molecule has 1 saturated heterocycles. The zero-order valence-corrected chi connectivity index (χ0v) is 14.7. The van der Waals surface area contributed by atoms with Crippen molar-refractivity contribution >= 4 is 11.6 Å². The standard InChI is InChI=1S/C20H26N2O2/c1-16-7-6-8-17(2)20(16)21-19(23)14-22(10-4-3-5-11-22)13-18-9-12-24-15-18/h6-9,12,15H,3-5,10-11,13-14H2,1-2H3/p+1. The van der Waals surface area contributed by atoms with Gasteiger partial charge in [-0.15, -0.1) is 0 Å². The van der Waals surface area contributed by atoms with Gasteiger partial charge in [0.2, 0.25) is 0 Å². The Morgan fingerprint density at radius 2 is 1.83 bits per heavy atom. The summed E-state index contributed by atoms with van der Waals surface area (Å²) in [5.74, 6) is 0.109. The van der Waals surface area contributed by atoms with E-state index in [9.17, 15) is 4.79 Å². The quantitative estimate of drug-likeness (QED) is 0.842. The number of rotatable bonds is 5. The number of aryl methyl sites for hydroxylation is 2. The number of benzene rings is 1. The highest BCUT2D eigenvalue weighted by molar-refractivity contribution is 5.93. The number of anilines is 1. The lowest BCUT2D eigenvalue weighted by atomic mass is 10.1. The molecule has 1 N–H and O–H groups in total. The van der Waals surface area contributed by atoms with Crippen molar-refractivity contribution in [3.8, 4) is 0 Å². The minimum absolute atomic E-state index is 0.109. The van der Waals surface area contributed by atoms with E-state index in [-0.39, 0.29) is 5.91 Å². The van der Waals surface area contributed by atoms with Crippen LogP contribution in [0.15, 0.2) is 41.2 Å². The number of hydrogen-bond donors (Lipinski definition) is 1. The van der Waals surface area contributed by atoms with E-state index in [0.717, 1.165) is 40.9 Å². The summed E-state index contributed by atoms with van der Waals surface area (Å²) >= 11 is 0. The molecule has 1 amide bonds. The monoisotopic (exact) mass is 327 g/mol. The number of likely N-dealkylation sites (tertiary alicyclic amines) is 1. The van der Waals surface area contributed by atoms with Crippen LogP contribution in [-0.4, -0.2) is 30.0 Å². The molecule has 1 aliphatic heterocycles. The lowest BCUT2D eigenvalue weighted by molar-refractivity contribution is -0.937. The average molecular weight is 327 g/mol. The fraction of sp³-hybridized carbons (Fsp3) is 0.450. The molecule has 2 aromatic rings. The van der Waals surface area contributed by atoms with Crippen molar-refractivity contribution in [3.05, 3.63) is 53.5 Å². The fourth-order valence-electron chi connectivity index (χ4n) is 3.82. The molecular weight excluding hydrogens is 300 g/mol. The zero-order chi connectivity index (χ0) is 17.0. The minimum Gasteiger partial charge on any atom is -0.472 e. The molecule has 0 atom stereocenters. The smallest absolute Gasteiger partial charge is 0.279 e. The van der Waals surface area contributed by atoms with E-state index in [4.69, 9.17) is 4.42 Å². The van der Waals surface area contributed by atoms with Crippen LogP contribution >= 0.6 is 0 Å². The SMILES string of the molecule is Cc1cccc(C)c1NC(=O)C[N+]1(Cc2ccoc2)CCCCC1. The molecule has 0 radical (unpaired) electrons. The molecule has 0 unspecified atom stereocenters. The molecule has 0 bridgehead atoms. The van der Waals surface area contributed by atoms with Gasteiger partial charge in [-0.2, -0.15) is 0 Å². The van der Waals surface area contributed by atoms with E-state index >= 15 is 0 Å². The molecule has 128 valence electrons. The van der Waals surface area contributed by atoms with Gasteiger partial charge in [0, 0.05) is 11.3 Å². The van der Waals surface area contributed by atoms with Gasteiger partial charge in [0.05, 0.1) is 25.6 Å². The molecule has 4 heteroatoms. The third-order valence-electron chi connectivity index (χ3n) is 5.09. The maximum absolute atomic E-state index is 12.8. The molecule has 0 spiro atoms. The Morgan fingerprint density at radius 3 is 2.46 bits per heavy atom. The van der Waals surface area contributed by atoms with E-state index in [2.05, 4.69) is 5.32 Å². The Kier molecular flexibility index (Phi) is 5.05. The minimum atomic E-state index is 0.109. The number of furan rings is 1. The third-order valence-corrected chi connectivity index (χ3v) is 5.09. The van der Waals surface area contributed by atoms with Crippen LogP contribution in [0.25, 0.3) is 0 Å². The van der Waals surface area contributed by atoms with Crippen molar-refractivity contribution in [1.29, 1.82) is 0 Å². The first-order valence-electron chi connectivity index (χ1n) is 8.80. The van der Waals surface area contributed by atoms with E-state index in [0.29, 0.717) is 6.54 Å². The van der Waals surface area contributed by atoms with Crippen molar-refractivity contribution in [2.45, 2.75) is 39.7 Å². The number of quaternary nitrogens is 1. The summed E-state index contributed by atoms with van der Waals surface area (Å²) in [6.07, 6.45) is 7.16. The van der Waals surface area contributed by atoms with Crippen molar-refractivity contribution in [2.75, 3.05) is 25.0 Å². The molecule has 0 saturated carbocycles. The molecule has 4 nitrogen and oxygen atoms in total. The summed E-state index contributed by atoms with van der Waals surface area (Å²) in [4.78, 5) is 12.8. The summed E-state index contributed by atoms with van der Waals surface area (Å²) in [6.45, 7) is 7.60. The summed E-state index contributed by atoms with van der Waals surface area (Å²) in [5, 5.41) is 3.15.